The van der Waals surface area contributed by atoms with Crippen LogP contribution >= 0.6 is 0 Å². The summed E-state index contributed by atoms with van der Waals surface area (Å²) in [7, 11) is 1.80. The van der Waals surface area contributed by atoms with Gasteiger partial charge in [-0.15, -0.1) is 0 Å². The number of hydrogen-bond acceptors (Lipinski definition) is 3. The lowest BCUT2D eigenvalue weighted by atomic mass is 10.2. The molecule has 1 aliphatic carbocycles. The summed E-state index contributed by atoms with van der Waals surface area (Å²) in [5.74, 6) is -0.0119. The number of aryl methyl sites for hydroxylation is 2. The average Bonchev–Trinajstić information content (AvgIpc) is 3.00. The summed E-state index contributed by atoms with van der Waals surface area (Å²) in [5, 5.41) is 13.1. The van der Waals surface area contributed by atoms with Crippen molar-refractivity contribution in [1.29, 1.82) is 0 Å². The van der Waals surface area contributed by atoms with E-state index in [1.807, 2.05) is 6.92 Å². The number of carbonyl (C=O) groups excluding carboxylic acids is 1. The molecule has 2 rings (SSSR count). The Balaban J connectivity index is 2.18. The molecule has 1 saturated carbocycles. The zero-order valence-corrected chi connectivity index (χ0v) is 9.68. The quantitative estimate of drug-likeness (QED) is 0.800. The molecule has 5 nitrogen and oxygen atoms in total. The Labute approximate surface area is 94.7 Å². The van der Waals surface area contributed by atoms with Gasteiger partial charge in [0.2, 0.25) is 0 Å². The summed E-state index contributed by atoms with van der Waals surface area (Å²) in [6, 6.07) is 0.319. The molecule has 16 heavy (non-hydrogen) atoms. The van der Waals surface area contributed by atoms with Gasteiger partial charge in [-0.05, 0) is 19.8 Å². The third-order valence-corrected chi connectivity index (χ3v) is 2.83. The van der Waals surface area contributed by atoms with Crippen LogP contribution in [0.4, 0.5) is 0 Å². The highest BCUT2D eigenvalue weighted by atomic mass is 16.3. The van der Waals surface area contributed by atoms with E-state index in [0.717, 1.165) is 18.5 Å². The second kappa shape index (κ2) is 4.25. The largest absolute Gasteiger partial charge is 0.395 e. The number of amides is 1. The van der Waals surface area contributed by atoms with Gasteiger partial charge in [0, 0.05) is 25.8 Å². The molecule has 88 valence electrons. The van der Waals surface area contributed by atoms with E-state index >= 15 is 0 Å². The van der Waals surface area contributed by atoms with Gasteiger partial charge in [-0.2, -0.15) is 5.10 Å². The molecule has 1 aromatic heterocycles. The number of rotatable bonds is 4. The van der Waals surface area contributed by atoms with Crippen LogP contribution in [0.5, 0.6) is 0 Å². The number of aromatic nitrogens is 2. The number of nitrogens with zero attached hydrogens (tertiary/aromatic N) is 3. The Bertz CT molecular complexity index is 396. The van der Waals surface area contributed by atoms with Gasteiger partial charge < -0.3 is 10.0 Å². The zero-order chi connectivity index (χ0) is 11.7. The van der Waals surface area contributed by atoms with E-state index in [1.54, 1.807) is 22.8 Å². The molecule has 1 aromatic rings. The van der Waals surface area contributed by atoms with E-state index in [4.69, 9.17) is 5.11 Å². The van der Waals surface area contributed by atoms with Crippen molar-refractivity contribution in [2.45, 2.75) is 25.8 Å². The maximum atomic E-state index is 12.2. The number of hydrogen-bond donors (Lipinski definition) is 1. The first-order valence-corrected chi connectivity index (χ1v) is 5.55. The van der Waals surface area contributed by atoms with E-state index < -0.39 is 0 Å². The van der Waals surface area contributed by atoms with Gasteiger partial charge in [-0.3, -0.25) is 9.48 Å². The summed E-state index contributed by atoms with van der Waals surface area (Å²) in [6.07, 6.45) is 3.83. The van der Waals surface area contributed by atoms with Crippen LogP contribution in [0.3, 0.4) is 0 Å². The fraction of sp³-hybridized carbons (Fsp3) is 0.636. The second-order valence-corrected chi connectivity index (χ2v) is 4.26. The van der Waals surface area contributed by atoms with Crippen molar-refractivity contribution >= 4 is 5.91 Å². The summed E-state index contributed by atoms with van der Waals surface area (Å²) < 4.78 is 1.65. The van der Waals surface area contributed by atoms with E-state index in [9.17, 15) is 4.79 Å². The van der Waals surface area contributed by atoms with Crippen LogP contribution in [0.15, 0.2) is 6.20 Å². The Hall–Kier alpha value is -1.36. The third kappa shape index (κ3) is 2.09. The Morgan fingerprint density at radius 1 is 1.69 bits per heavy atom. The average molecular weight is 223 g/mol. The maximum absolute atomic E-state index is 12.2. The first-order valence-electron chi connectivity index (χ1n) is 5.55. The van der Waals surface area contributed by atoms with Crippen molar-refractivity contribution in [2.24, 2.45) is 7.05 Å². The van der Waals surface area contributed by atoms with E-state index in [2.05, 4.69) is 5.10 Å². The van der Waals surface area contributed by atoms with Gasteiger partial charge in [0.25, 0.3) is 5.91 Å². The van der Waals surface area contributed by atoms with Crippen LogP contribution in [0.2, 0.25) is 0 Å². The minimum absolute atomic E-state index is 0.0119. The normalized spacial score (nSPS) is 15.2. The molecule has 0 spiro atoms. The van der Waals surface area contributed by atoms with Crippen LogP contribution in [0, 0.1) is 6.92 Å². The molecule has 0 unspecified atom stereocenters. The van der Waals surface area contributed by atoms with Crippen molar-refractivity contribution in [3.8, 4) is 0 Å². The molecule has 1 heterocycles. The topological polar surface area (TPSA) is 58.4 Å². The molecule has 0 atom stereocenters. The molecular formula is C11H17N3O2. The molecule has 5 heteroatoms. The number of carbonyl (C=O) groups is 1. The van der Waals surface area contributed by atoms with Crippen molar-refractivity contribution in [2.75, 3.05) is 13.2 Å². The van der Waals surface area contributed by atoms with Crippen LogP contribution in [0.1, 0.15) is 28.9 Å². The van der Waals surface area contributed by atoms with Crippen LogP contribution in [-0.2, 0) is 7.05 Å². The molecular weight excluding hydrogens is 206 g/mol. The van der Waals surface area contributed by atoms with E-state index in [0.29, 0.717) is 18.2 Å². The highest BCUT2D eigenvalue weighted by Crippen LogP contribution is 2.28. The smallest absolute Gasteiger partial charge is 0.257 e. The van der Waals surface area contributed by atoms with Gasteiger partial charge in [0.1, 0.15) is 0 Å². The zero-order valence-electron chi connectivity index (χ0n) is 9.68. The third-order valence-electron chi connectivity index (χ3n) is 2.83. The fourth-order valence-corrected chi connectivity index (χ4v) is 1.91. The Morgan fingerprint density at radius 2 is 2.38 bits per heavy atom. The monoisotopic (exact) mass is 223 g/mol. The van der Waals surface area contributed by atoms with Gasteiger partial charge >= 0.3 is 0 Å². The highest BCUT2D eigenvalue weighted by molar-refractivity contribution is 5.95. The van der Waals surface area contributed by atoms with Gasteiger partial charge in [-0.1, -0.05) is 0 Å². The Kier molecular flexibility index (Phi) is 2.96. The first kappa shape index (κ1) is 11.1. The molecule has 1 N–H and O–H groups in total. The number of aliphatic hydroxyl groups excluding tert-OH is 1. The van der Waals surface area contributed by atoms with Crippen LogP contribution < -0.4 is 0 Å². The van der Waals surface area contributed by atoms with Crippen molar-refractivity contribution in [3.05, 3.63) is 17.5 Å². The van der Waals surface area contributed by atoms with Crippen molar-refractivity contribution < 1.29 is 9.90 Å². The predicted molar refractivity (Wildman–Crippen MR) is 59.1 cm³/mol. The lowest BCUT2D eigenvalue weighted by Gasteiger charge is -2.20. The fourth-order valence-electron chi connectivity index (χ4n) is 1.91. The predicted octanol–water partition coefficient (Wildman–Crippen LogP) is 0.325. The summed E-state index contributed by atoms with van der Waals surface area (Å²) in [4.78, 5) is 14.0. The van der Waals surface area contributed by atoms with Crippen LogP contribution in [-0.4, -0.2) is 44.9 Å². The van der Waals surface area contributed by atoms with Crippen molar-refractivity contribution in [3.63, 3.8) is 0 Å². The van der Waals surface area contributed by atoms with Gasteiger partial charge in [0.15, 0.2) is 0 Å². The molecule has 0 saturated heterocycles. The maximum Gasteiger partial charge on any atom is 0.257 e. The summed E-state index contributed by atoms with van der Waals surface area (Å²) >= 11 is 0. The number of aliphatic hydroxyl groups is 1. The summed E-state index contributed by atoms with van der Waals surface area (Å²) in [5.41, 5.74) is 1.39. The molecule has 0 bridgehead atoms. The van der Waals surface area contributed by atoms with E-state index in [-0.39, 0.29) is 12.5 Å². The molecule has 0 aromatic carbocycles. The highest BCUT2D eigenvalue weighted by Gasteiger charge is 2.33. The molecule has 0 aliphatic heterocycles. The summed E-state index contributed by atoms with van der Waals surface area (Å²) in [6.45, 7) is 2.26. The van der Waals surface area contributed by atoms with Crippen LogP contribution in [0.25, 0.3) is 0 Å². The lowest BCUT2D eigenvalue weighted by molar-refractivity contribution is 0.0707. The van der Waals surface area contributed by atoms with Crippen molar-refractivity contribution in [1.82, 2.24) is 14.7 Å². The second-order valence-electron chi connectivity index (χ2n) is 4.26. The van der Waals surface area contributed by atoms with E-state index in [1.165, 1.54) is 0 Å². The Morgan fingerprint density at radius 3 is 2.81 bits per heavy atom. The molecule has 1 fully saturated rings. The SMILES string of the molecule is Cc1nn(C)cc1C(=O)N(CCO)C1CC1. The molecule has 0 radical (unpaired) electrons. The van der Waals surface area contributed by atoms with Gasteiger partial charge in [0.05, 0.1) is 17.9 Å². The first-order chi connectivity index (χ1) is 7.63. The standard InChI is InChI=1S/C11H17N3O2/c1-8-10(7-13(2)12-8)11(16)14(5-6-15)9-3-4-9/h7,9,15H,3-6H2,1-2H3. The minimum atomic E-state index is -0.0119. The van der Waals surface area contributed by atoms with Gasteiger partial charge in [-0.25, -0.2) is 0 Å². The lowest BCUT2D eigenvalue weighted by Crippen LogP contribution is -2.35. The minimum Gasteiger partial charge on any atom is -0.395 e. The molecule has 1 aliphatic rings. The molecule has 1 amide bonds.